The van der Waals surface area contributed by atoms with Gasteiger partial charge in [0.2, 0.25) is 11.8 Å². The highest BCUT2D eigenvalue weighted by Crippen LogP contribution is 2.35. The van der Waals surface area contributed by atoms with E-state index >= 15 is 0 Å². The Morgan fingerprint density at radius 3 is 2.48 bits per heavy atom. The van der Waals surface area contributed by atoms with E-state index < -0.39 is 52.9 Å². The first-order chi connectivity index (χ1) is 23.7. The highest BCUT2D eigenvalue weighted by molar-refractivity contribution is 6.23. The predicted molar refractivity (Wildman–Crippen MR) is 175 cm³/mol. The number of hydrogen-bond acceptors (Lipinski definition) is 8. The van der Waals surface area contributed by atoms with Crippen molar-refractivity contribution in [1.82, 2.24) is 20.0 Å². The van der Waals surface area contributed by atoms with Crippen molar-refractivity contribution in [3.05, 3.63) is 71.0 Å². The fraction of sp³-hybridized carbons (Fsp3) is 0.314. The summed E-state index contributed by atoms with van der Waals surface area (Å²) in [5.74, 6) is 5.73. The molecule has 0 bridgehead atoms. The van der Waals surface area contributed by atoms with Gasteiger partial charge in [0.1, 0.15) is 11.6 Å². The molecule has 12 nitrogen and oxygen atoms in total. The van der Waals surface area contributed by atoms with Crippen molar-refractivity contribution in [2.75, 3.05) is 35.2 Å². The van der Waals surface area contributed by atoms with Crippen LogP contribution in [0.3, 0.4) is 0 Å². The van der Waals surface area contributed by atoms with E-state index in [0.29, 0.717) is 18.7 Å². The number of hydrogen-bond donors (Lipinski definition) is 3. The van der Waals surface area contributed by atoms with Crippen molar-refractivity contribution >= 4 is 46.6 Å². The van der Waals surface area contributed by atoms with Crippen LogP contribution < -0.4 is 20.9 Å². The largest absolute Gasteiger partial charge is 0.416 e. The van der Waals surface area contributed by atoms with Gasteiger partial charge < -0.3 is 15.5 Å². The van der Waals surface area contributed by atoms with Gasteiger partial charge in [0.25, 0.3) is 17.7 Å². The van der Waals surface area contributed by atoms with E-state index in [0.717, 1.165) is 28.8 Å². The number of amides is 5. The Labute approximate surface area is 284 Å². The molecule has 3 N–H and O–H groups in total. The molecule has 256 valence electrons. The number of alkyl halides is 3. The number of halogens is 3. The second-order valence-corrected chi connectivity index (χ2v) is 12.6. The Hall–Kier alpha value is -6.09. The van der Waals surface area contributed by atoms with Crippen LogP contribution in [-0.4, -0.2) is 69.9 Å². The number of imide groups is 2. The zero-order valence-electron chi connectivity index (χ0n) is 26.9. The lowest BCUT2D eigenvalue weighted by Gasteiger charge is -2.38. The summed E-state index contributed by atoms with van der Waals surface area (Å²) in [7, 11) is 0. The minimum absolute atomic E-state index is 0.0196. The summed E-state index contributed by atoms with van der Waals surface area (Å²) in [6, 6.07) is 6.80. The lowest BCUT2D eigenvalue weighted by atomic mass is 9.98. The first-order valence-corrected chi connectivity index (χ1v) is 15.5. The molecule has 3 aliphatic rings. The van der Waals surface area contributed by atoms with Crippen molar-refractivity contribution in [2.45, 2.75) is 44.4 Å². The standard InChI is InChI=1S/C35H30F3N7O5/c1-4-13-39-27-14-22(35(36,37)38)7-10-26(27)41-33(50)34(2,3)44-19-20(16-40-44)5-6-21-17-43(18-21)23-8-9-24-25(15-23)32(49)45(31(24)48)28-11-12-29(46)42-30(28)47/h1,7-10,14-16,19,21,28,39H,11-13,17-18H2,2-3H3,(H,41,50)(H,42,46,47). The van der Waals surface area contributed by atoms with Crippen LogP contribution in [0.5, 0.6) is 0 Å². The monoisotopic (exact) mass is 685 g/mol. The third-order valence-corrected chi connectivity index (χ3v) is 8.78. The van der Waals surface area contributed by atoms with Crippen molar-refractivity contribution in [2.24, 2.45) is 5.92 Å². The summed E-state index contributed by atoms with van der Waals surface area (Å²) >= 11 is 0. The molecule has 2 aromatic carbocycles. The average Bonchev–Trinajstić information content (AvgIpc) is 3.62. The third-order valence-electron chi connectivity index (χ3n) is 8.78. The molecule has 0 spiro atoms. The molecule has 6 rings (SSSR count). The zero-order valence-corrected chi connectivity index (χ0v) is 26.9. The van der Waals surface area contributed by atoms with Gasteiger partial charge in [0.05, 0.1) is 52.3 Å². The number of carbonyl (C=O) groups excluding carboxylic acids is 5. The van der Waals surface area contributed by atoms with E-state index in [1.165, 1.54) is 10.9 Å². The quantitative estimate of drug-likeness (QED) is 0.254. The van der Waals surface area contributed by atoms with E-state index in [2.05, 4.69) is 38.8 Å². The van der Waals surface area contributed by atoms with Crippen LogP contribution in [0, 0.1) is 30.1 Å². The van der Waals surface area contributed by atoms with E-state index in [-0.39, 0.29) is 47.8 Å². The molecular weight excluding hydrogens is 655 g/mol. The maximum Gasteiger partial charge on any atom is 0.416 e. The van der Waals surface area contributed by atoms with Gasteiger partial charge in [-0.3, -0.25) is 38.9 Å². The molecule has 3 aromatic rings. The van der Waals surface area contributed by atoms with Crippen molar-refractivity contribution in [3.8, 4) is 24.2 Å². The van der Waals surface area contributed by atoms with Crippen LogP contribution >= 0.6 is 0 Å². The summed E-state index contributed by atoms with van der Waals surface area (Å²) in [6.07, 6.45) is 3.91. The molecule has 3 aliphatic heterocycles. The van der Waals surface area contributed by atoms with Gasteiger partial charge in [-0.15, -0.1) is 6.42 Å². The molecule has 1 unspecified atom stereocenters. The number of terminal acetylenes is 1. The number of carbonyl (C=O) groups is 5. The molecule has 15 heteroatoms. The average molecular weight is 686 g/mol. The van der Waals surface area contributed by atoms with Crippen LogP contribution in [0.2, 0.25) is 0 Å². The minimum Gasteiger partial charge on any atom is -0.372 e. The van der Waals surface area contributed by atoms with Crippen LogP contribution in [0.4, 0.5) is 30.2 Å². The number of anilines is 3. The van der Waals surface area contributed by atoms with Gasteiger partial charge in [0, 0.05) is 31.4 Å². The minimum atomic E-state index is -4.58. The van der Waals surface area contributed by atoms with Gasteiger partial charge in [-0.1, -0.05) is 17.8 Å². The van der Waals surface area contributed by atoms with Gasteiger partial charge in [-0.05, 0) is 56.7 Å². The fourth-order valence-corrected chi connectivity index (χ4v) is 5.82. The van der Waals surface area contributed by atoms with Crippen LogP contribution in [0.25, 0.3) is 0 Å². The Bertz CT molecular complexity index is 2050. The first kappa shape index (κ1) is 33.8. The topological polar surface area (TPSA) is 146 Å². The number of rotatable bonds is 7. The summed E-state index contributed by atoms with van der Waals surface area (Å²) in [6.45, 7) is 4.26. The molecule has 2 fully saturated rings. The number of aromatic nitrogens is 2. The summed E-state index contributed by atoms with van der Waals surface area (Å²) in [5, 5.41) is 11.9. The lowest BCUT2D eigenvalue weighted by molar-refractivity contribution is -0.138. The Morgan fingerprint density at radius 1 is 1.04 bits per heavy atom. The zero-order chi connectivity index (χ0) is 36.0. The van der Waals surface area contributed by atoms with Gasteiger partial charge in [-0.25, -0.2) is 0 Å². The molecule has 0 saturated carbocycles. The Morgan fingerprint density at radius 2 is 1.78 bits per heavy atom. The molecule has 1 atom stereocenters. The van der Waals surface area contributed by atoms with Crippen molar-refractivity contribution in [1.29, 1.82) is 0 Å². The fourth-order valence-electron chi connectivity index (χ4n) is 5.82. The van der Waals surface area contributed by atoms with Gasteiger partial charge in [0.15, 0.2) is 0 Å². The number of fused-ring (bicyclic) bond motifs is 1. The predicted octanol–water partition coefficient (Wildman–Crippen LogP) is 3.21. The number of nitrogens with one attached hydrogen (secondary N) is 3. The van der Waals surface area contributed by atoms with Crippen LogP contribution in [0.15, 0.2) is 48.8 Å². The van der Waals surface area contributed by atoms with Crippen LogP contribution in [0.1, 0.15) is 58.5 Å². The normalized spacial score (nSPS) is 17.7. The molecule has 4 heterocycles. The molecule has 50 heavy (non-hydrogen) atoms. The second-order valence-electron chi connectivity index (χ2n) is 12.6. The highest BCUT2D eigenvalue weighted by Gasteiger charge is 2.45. The van der Waals surface area contributed by atoms with E-state index in [1.807, 2.05) is 4.90 Å². The highest BCUT2D eigenvalue weighted by atomic mass is 19.4. The van der Waals surface area contributed by atoms with Crippen LogP contribution in [-0.2, 0) is 26.1 Å². The molecule has 0 radical (unpaired) electrons. The van der Waals surface area contributed by atoms with E-state index in [4.69, 9.17) is 6.42 Å². The SMILES string of the molecule is C#CCNc1cc(C(F)(F)F)ccc1NC(=O)C(C)(C)n1cc(C#CC2CN(c3ccc4c(c3)C(=O)N(C3CCC(=O)NC3=O)C4=O)C2)cn1. The van der Waals surface area contributed by atoms with Crippen molar-refractivity contribution in [3.63, 3.8) is 0 Å². The van der Waals surface area contributed by atoms with E-state index in [1.54, 1.807) is 38.2 Å². The number of nitrogens with zero attached hydrogens (tertiary/aromatic N) is 4. The Balaban J connectivity index is 1.08. The van der Waals surface area contributed by atoms with E-state index in [9.17, 15) is 37.1 Å². The summed E-state index contributed by atoms with van der Waals surface area (Å²) < 4.78 is 41.2. The smallest absolute Gasteiger partial charge is 0.372 e. The summed E-state index contributed by atoms with van der Waals surface area (Å²) in [4.78, 5) is 66.2. The lowest BCUT2D eigenvalue weighted by Crippen LogP contribution is -2.54. The first-order valence-electron chi connectivity index (χ1n) is 15.5. The van der Waals surface area contributed by atoms with Gasteiger partial charge >= 0.3 is 6.18 Å². The van der Waals surface area contributed by atoms with Crippen molar-refractivity contribution < 1.29 is 37.1 Å². The third kappa shape index (κ3) is 6.37. The molecule has 1 aromatic heterocycles. The number of piperidine rings is 1. The number of benzene rings is 2. The molecule has 2 saturated heterocycles. The molecular formula is C35H30F3N7O5. The second kappa shape index (κ2) is 12.7. The van der Waals surface area contributed by atoms with Gasteiger partial charge in [-0.2, -0.15) is 18.3 Å². The summed E-state index contributed by atoms with van der Waals surface area (Å²) in [5.41, 5.74) is -0.323. The maximum absolute atomic E-state index is 13.3. The Kier molecular flexibility index (Phi) is 8.61. The molecule has 5 amide bonds. The molecule has 0 aliphatic carbocycles. The maximum atomic E-state index is 13.3.